The normalized spacial score (nSPS) is 16.9. The number of ether oxygens (including phenoxy) is 1. The van der Waals surface area contributed by atoms with Gasteiger partial charge in [0, 0.05) is 12.4 Å². The van der Waals surface area contributed by atoms with E-state index in [4.69, 9.17) is 10.00 Å². The molecule has 88 valence electrons. The maximum Gasteiger partial charge on any atom is 0.142 e. The van der Waals surface area contributed by atoms with Crippen LogP contribution in [0.4, 0.5) is 5.69 Å². The number of nitrogens with zero attached hydrogens (tertiary/aromatic N) is 2. The van der Waals surface area contributed by atoms with E-state index in [0.29, 0.717) is 12.2 Å². The fourth-order valence-electron chi connectivity index (χ4n) is 2.00. The number of hydrogen-bond donors (Lipinski definition) is 1. The van der Waals surface area contributed by atoms with Gasteiger partial charge in [-0.05, 0) is 29.8 Å². The van der Waals surface area contributed by atoms with Gasteiger partial charge in [0.25, 0.3) is 0 Å². The molecule has 0 radical (unpaired) electrons. The lowest BCUT2D eigenvalue weighted by molar-refractivity contribution is 0.286. The Morgan fingerprint density at radius 3 is 3.11 bits per heavy atom. The highest BCUT2D eigenvalue weighted by Crippen LogP contribution is 2.33. The second-order valence-electron chi connectivity index (χ2n) is 4.12. The van der Waals surface area contributed by atoms with Crippen molar-refractivity contribution in [2.75, 3.05) is 11.9 Å². The zero-order valence-electron chi connectivity index (χ0n) is 9.63. The molecule has 1 aromatic heterocycles. The molecule has 1 aliphatic rings. The molecule has 0 spiro atoms. The van der Waals surface area contributed by atoms with Crippen LogP contribution < -0.4 is 10.1 Å². The molecule has 0 aliphatic carbocycles. The molecular weight excluding hydrogens is 226 g/mol. The molecule has 1 atom stereocenters. The lowest BCUT2D eigenvalue weighted by Crippen LogP contribution is -2.24. The summed E-state index contributed by atoms with van der Waals surface area (Å²) in [5, 5.41) is 12.3. The molecule has 0 amide bonds. The number of nitrogens with one attached hydrogen (secondary N) is 1. The first kappa shape index (κ1) is 10.6. The number of nitriles is 1. The molecule has 1 N–H and O–H groups in total. The van der Waals surface area contributed by atoms with Gasteiger partial charge in [-0.3, -0.25) is 4.98 Å². The van der Waals surface area contributed by atoms with E-state index in [2.05, 4.69) is 16.4 Å². The minimum absolute atomic E-state index is 0.0696. The number of rotatable bonds is 1. The van der Waals surface area contributed by atoms with Gasteiger partial charge in [0.05, 0.1) is 23.4 Å². The van der Waals surface area contributed by atoms with Gasteiger partial charge in [-0.15, -0.1) is 0 Å². The van der Waals surface area contributed by atoms with Crippen LogP contribution in [-0.2, 0) is 0 Å². The summed E-state index contributed by atoms with van der Waals surface area (Å²) in [6, 6.07) is 11.5. The number of benzene rings is 1. The minimum atomic E-state index is 0.0696. The van der Waals surface area contributed by atoms with Crippen LogP contribution >= 0.6 is 0 Å². The van der Waals surface area contributed by atoms with Crippen LogP contribution in [-0.4, -0.2) is 11.6 Å². The molecule has 1 aromatic carbocycles. The summed E-state index contributed by atoms with van der Waals surface area (Å²) in [6.07, 6.45) is 3.56. The lowest BCUT2D eigenvalue weighted by atomic mass is 10.1. The Hall–Kier alpha value is -2.54. The molecule has 2 heterocycles. The van der Waals surface area contributed by atoms with E-state index in [1.807, 2.05) is 24.4 Å². The maximum absolute atomic E-state index is 8.89. The van der Waals surface area contributed by atoms with Crippen LogP contribution in [0.1, 0.15) is 17.2 Å². The van der Waals surface area contributed by atoms with Crippen LogP contribution in [0, 0.1) is 11.3 Å². The highest BCUT2D eigenvalue weighted by Gasteiger charge is 2.20. The third-order valence-electron chi connectivity index (χ3n) is 2.93. The molecule has 1 aliphatic heterocycles. The molecule has 18 heavy (non-hydrogen) atoms. The predicted octanol–water partition coefficient (Wildman–Crippen LogP) is 2.50. The average molecular weight is 237 g/mol. The number of fused-ring (bicyclic) bond motifs is 1. The predicted molar refractivity (Wildman–Crippen MR) is 67.3 cm³/mol. The van der Waals surface area contributed by atoms with E-state index < -0.39 is 0 Å². The molecule has 1 unspecified atom stereocenters. The minimum Gasteiger partial charge on any atom is -0.489 e. The average Bonchev–Trinajstić information content (AvgIpc) is 2.47. The van der Waals surface area contributed by atoms with Gasteiger partial charge in [-0.1, -0.05) is 6.07 Å². The summed E-state index contributed by atoms with van der Waals surface area (Å²) in [5.74, 6) is 0.786. The van der Waals surface area contributed by atoms with Gasteiger partial charge in [0.2, 0.25) is 0 Å². The van der Waals surface area contributed by atoms with Crippen LogP contribution in [0.25, 0.3) is 0 Å². The fraction of sp³-hybridized carbons (Fsp3) is 0.143. The molecule has 0 saturated carbocycles. The van der Waals surface area contributed by atoms with Crippen molar-refractivity contribution in [3.05, 3.63) is 53.9 Å². The Bertz CT molecular complexity index is 604. The fourth-order valence-corrected chi connectivity index (χ4v) is 2.00. The van der Waals surface area contributed by atoms with Crippen molar-refractivity contribution in [2.45, 2.75) is 6.04 Å². The first-order valence-corrected chi connectivity index (χ1v) is 5.70. The molecule has 3 rings (SSSR count). The van der Waals surface area contributed by atoms with Crippen molar-refractivity contribution < 1.29 is 4.74 Å². The molecule has 0 fully saturated rings. The number of pyridine rings is 1. The Morgan fingerprint density at radius 2 is 2.33 bits per heavy atom. The number of hydrogen-bond acceptors (Lipinski definition) is 4. The smallest absolute Gasteiger partial charge is 0.142 e. The zero-order valence-corrected chi connectivity index (χ0v) is 9.63. The quantitative estimate of drug-likeness (QED) is 0.827. The van der Waals surface area contributed by atoms with Crippen molar-refractivity contribution in [2.24, 2.45) is 0 Å². The maximum atomic E-state index is 8.89. The van der Waals surface area contributed by atoms with Gasteiger partial charge >= 0.3 is 0 Å². The van der Waals surface area contributed by atoms with Crippen LogP contribution in [0.2, 0.25) is 0 Å². The second kappa shape index (κ2) is 4.38. The lowest BCUT2D eigenvalue weighted by Gasteiger charge is -2.27. The highest BCUT2D eigenvalue weighted by atomic mass is 16.5. The van der Waals surface area contributed by atoms with Gasteiger partial charge in [0.1, 0.15) is 12.4 Å². The van der Waals surface area contributed by atoms with E-state index in [-0.39, 0.29) is 6.04 Å². The van der Waals surface area contributed by atoms with E-state index in [1.54, 1.807) is 18.3 Å². The van der Waals surface area contributed by atoms with Crippen molar-refractivity contribution >= 4 is 5.69 Å². The Balaban J connectivity index is 1.91. The number of aromatic nitrogens is 1. The topological polar surface area (TPSA) is 57.9 Å². The molecular formula is C14H11N3O. The van der Waals surface area contributed by atoms with Crippen molar-refractivity contribution in [1.82, 2.24) is 4.98 Å². The standard InChI is InChI=1S/C14H11N3O/c15-7-10-3-4-14-12(6-10)17-13(9-18-14)11-2-1-5-16-8-11/h1-6,8,13,17H,9H2. The van der Waals surface area contributed by atoms with Crippen LogP contribution in [0.3, 0.4) is 0 Å². The number of anilines is 1. The summed E-state index contributed by atoms with van der Waals surface area (Å²) in [5.41, 5.74) is 2.55. The van der Waals surface area contributed by atoms with E-state index in [0.717, 1.165) is 17.0 Å². The Kier molecular flexibility index (Phi) is 2.58. The summed E-state index contributed by atoms with van der Waals surface area (Å²) in [6.45, 7) is 0.560. The van der Waals surface area contributed by atoms with Crippen LogP contribution in [0.5, 0.6) is 5.75 Å². The van der Waals surface area contributed by atoms with E-state index in [9.17, 15) is 0 Å². The molecule has 2 aromatic rings. The summed E-state index contributed by atoms with van der Waals surface area (Å²) < 4.78 is 5.69. The third kappa shape index (κ3) is 1.87. The summed E-state index contributed by atoms with van der Waals surface area (Å²) >= 11 is 0. The monoisotopic (exact) mass is 237 g/mol. The van der Waals surface area contributed by atoms with Gasteiger partial charge in [-0.2, -0.15) is 5.26 Å². The summed E-state index contributed by atoms with van der Waals surface area (Å²) in [4.78, 5) is 4.10. The molecule has 0 bridgehead atoms. The van der Waals surface area contributed by atoms with Gasteiger partial charge < -0.3 is 10.1 Å². The van der Waals surface area contributed by atoms with Gasteiger partial charge in [0.15, 0.2) is 0 Å². The Labute approximate surface area is 105 Å². The zero-order chi connectivity index (χ0) is 12.4. The largest absolute Gasteiger partial charge is 0.489 e. The molecule has 4 nitrogen and oxygen atoms in total. The highest BCUT2D eigenvalue weighted by molar-refractivity contribution is 5.62. The molecule has 0 saturated heterocycles. The van der Waals surface area contributed by atoms with E-state index >= 15 is 0 Å². The first-order valence-electron chi connectivity index (χ1n) is 5.70. The van der Waals surface area contributed by atoms with Crippen molar-refractivity contribution in [3.8, 4) is 11.8 Å². The van der Waals surface area contributed by atoms with Gasteiger partial charge in [-0.25, -0.2) is 0 Å². The van der Waals surface area contributed by atoms with Crippen molar-refractivity contribution in [1.29, 1.82) is 5.26 Å². The van der Waals surface area contributed by atoms with E-state index in [1.165, 1.54) is 0 Å². The Morgan fingerprint density at radius 1 is 1.39 bits per heavy atom. The van der Waals surface area contributed by atoms with Crippen molar-refractivity contribution in [3.63, 3.8) is 0 Å². The van der Waals surface area contributed by atoms with Crippen LogP contribution in [0.15, 0.2) is 42.7 Å². The molecule has 4 heteroatoms. The first-order chi connectivity index (χ1) is 8.86. The second-order valence-corrected chi connectivity index (χ2v) is 4.12. The summed E-state index contributed by atoms with van der Waals surface area (Å²) in [7, 11) is 0. The third-order valence-corrected chi connectivity index (χ3v) is 2.93. The SMILES string of the molecule is N#Cc1ccc2c(c1)NC(c1cccnc1)CO2.